The fraction of sp³-hybridized carbons (Fsp3) is 0. The Hall–Kier alpha value is -2.35. The number of carbonyl (C=O) groups excluding carboxylic acids is 1. The highest BCUT2D eigenvalue weighted by Crippen LogP contribution is 2.32. The van der Waals surface area contributed by atoms with E-state index in [0.29, 0.717) is 22.9 Å². The molecular formula is C13H6BrF2NO4. The first kappa shape index (κ1) is 15.0. The second kappa shape index (κ2) is 5.96. The van der Waals surface area contributed by atoms with Gasteiger partial charge in [-0.15, -0.1) is 0 Å². The van der Waals surface area contributed by atoms with Crippen LogP contribution >= 0.6 is 15.9 Å². The topological polar surface area (TPSA) is 69.4 Å². The van der Waals surface area contributed by atoms with E-state index in [1.807, 2.05) is 0 Å². The molecule has 0 aliphatic rings. The van der Waals surface area contributed by atoms with E-state index in [-0.39, 0.29) is 11.3 Å². The van der Waals surface area contributed by atoms with Crippen molar-refractivity contribution in [2.24, 2.45) is 0 Å². The standard InChI is InChI=1S/C13H6BrF2NO4/c14-8-2-1-7(6-18)12(3-8)21-13-5-9(15)11(17(19)20)4-10(13)16/h1-6H. The van der Waals surface area contributed by atoms with Gasteiger partial charge < -0.3 is 4.74 Å². The van der Waals surface area contributed by atoms with Crippen LogP contribution in [0.1, 0.15) is 10.4 Å². The summed E-state index contributed by atoms with van der Waals surface area (Å²) in [5.41, 5.74) is -0.874. The molecule has 0 aliphatic heterocycles. The SMILES string of the molecule is O=Cc1ccc(Br)cc1Oc1cc(F)c([N+](=O)[O-])cc1F. The van der Waals surface area contributed by atoms with Crippen LogP contribution in [0.2, 0.25) is 0 Å². The van der Waals surface area contributed by atoms with Crippen molar-refractivity contribution in [1.29, 1.82) is 0 Å². The highest BCUT2D eigenvalue weighted by atomic mass is 79.9. The third-order valence-electron chi connectivity index (χ3n) is 2.52. The smallest absolute Gasteiger partial charge is 0.307 e. The lowest BCUT2D eigenvalue weighted by Crippen LogP contribution is -1.98. The molecule has 0 fully saturated rings. The Bertz CT molecular complexity index is 736. The molecule has 8 heteroatoms. The van der Waals surface area contributed by atoms with Crippen LogP contribution in [0, 0.1) is 21.7 Å². The first-order valence-corrected chi connectivity index (χ1v) is 6.27. The van der Waals surface area contributed by atoms with Crippen molar-refractivity contribution in [2.75, 3.05) is 0 Å². The molecule has 0 saturated carbocycles. The van der Waals surface area contributed by atoms with Gasteiger partial charge in [0.2, 0.25) is 5.82 Å². The number of ether oxygens (including phenoxy) is 1. The Morgan fingerprint density at radius 3 is 2.48 bits per heavy atom. The number of hydrogen-bond acceptors (Lipinski definition) is 4. The van der Waals surface area contributed by atoms with Crippen molar-refractivity contribution in [3.05, 3.63) is 62.1 Å². The molecule has 0 N–H and O–H groups in total. The van der Waals surface area contributed by atoms with Gasteiger partial charge in [-0.3, -0.25) is 14.9 Å². The summed E-state index contributed by atoms with van der Waals surface area (Å²) in [7, 11) is 0. The van der Waals surface area contributed by atoms with Gasteiger partial charge in [0.25, 0.3) is 0 Å². The molecule has 2 aromatic rings. The zero-order chi connectivity index (χ0) is 15.6. The Balaban J connectivity index is 2.45. The summed E-state index contributed by atoms with van der Waals surface area (Å²) in [5, 5.41) is 10.5. The quantitative estimate of drug-likeness (QED) is 0.466. The molecule has 0 aliphatic carbocycles. The third-order valence-corrected chi connectivity index (χ3v) is 3.01. The molecule has 0 saturated heterocycles. The molecule has 0 atom stereocenters. The van der Waals surface area contributed by atoms with Gasteiger partial charge in [-0.1, -0.05) is 15.9 Å². The van der Waals surface area contributed by atoms with Gasteiger partial charge in [-0.2, -0.15) is 4.39 Å². The zero-order valence-electron chi connectivity index (χ0n) is 10.2. The first-order valence-electron chi connectivity index (χ1n) is 5.48. The lowest BCUT2D eigenvalue weighted by atomic mass is 10.2. The predicted octanol–water partition coefficient (Wildman–Crippen LogP) is 4.24. The second-order valence-electron chi connectivity index (χ2n) is 3.89. The Morgan fingerprint density at radius 2 is 1.86 bits per heavy atom. The van der Waals surface area contributed by atoms with Crippen LogP contribution in [0.25, 0.3) is 0 Å². The van der Waals surface area contributed by atoms with Crippen LogP contribution in [0.5, 0.6) is 11.5 Å². The van der Waals surface area contributed by atoms with Crippen molar-refractivity contribution in [2.45, 2.75) is 0 Å². The van der Waals surface area contributed by atoms with Crippen LogP contribution in [-0.4, -0.2) is 11.2 Å². The van der Waals surface area contributed by atoms with Gasteiger partial charge in [0.15, 0.2) is 17.9 Å². The van der Waals surface area contributed by atoms with Gasteiger partial charge in [0, 0.05) is 10.5 Å². The van der Waals surface area contributed by atoms with Gasteiger partial charge in [-0.25, -0.2) is 4.39 Å². The maximum absolute atomic E-state index is 13.7. The fourth-order valence-corrected chi connectivity index (χ4v) is 1.89. The Morgan fingerprint density at radius 1 is 1.14 bits per heavy atom. The first-order chi connectivity index (χ1) is 9.92. The van der Waals surface area contributed by atoms with Crippen molar-refractivity contribution < 1.29 is 23.2 Å². The van der Waals surface area contributed by atoms with Crippen molar-refractivity contribution >= 4 is 27.9 Å². The number of nitrogens with zero attached hydrogens (tertiary/aromatic N) is 1. The van der Waals surface area contributed by atoms with Crippen molar-refractivity contribution in [3.8, 4) is 11.5 Å². The minimum Gasteiger partial charge on any atom is -0.453 e. The minimum absolute atomic E-state index is 0.00784. The Labute approximate surface area is 125 Å². The molecule has 0 amide bonds. The summed E-state index contributed by atoms with van der Waals surface area (Å²) in [4.78, 5) is 20.3. The van der Waals surface area contributed by atoms with Crippen LogP contribution in [0.4, 0.5) is 14.5 Å². The lowest BCUT2D eigenvalue weighted by Gasteiger charge is -2.09. The highest BCUT2D eigenvalue weighted by molar-refractivity contribution is 9.10. The van der Waals surface area contributed by atoms with E-state index in [2.05, 4.69) is 15.9 Å². The van der Waals surface area contributed by atoms with Crippen molar-refractivity contribution in [1.82, 2.24) is 0 Å². The number of carbonyl (C=O) groups is 1. The molecule has 2 rings (SSSR count). The van der Waals surface area contributed by atoms with Crippen LogP contribution < -0.4 is 4.74 Å². The molecule has 21 heavy (non-hydrogen) atoms. The van der Waals surface area contributed by atoms with E-state index in [4.69, 9.17) is 4.74 Å². The van der Waals surface area contributed by atoms with E-state index in [9.17, 15) is 23.7 Å². The average molecular weight is 358 g/mol. The largest absolute Gasteiger partial charge is 0.453 e. The maximum atomic E-state index is 13.7. The van der Waals surface area contributed by atoms with Gasteiger partial charge in [-0.05, 0) is 18.2 Å². The normalized spacial score (nSPS) is 10.2. The summed E-state index contributed by atoms with van der Waals surface area (Å²) in [6.07, 6.45) is 0.488. The van der Waals surface area contributed by atoms with E-state index in [0.717, 1.165) is 0 Å². The number of aldehydes is 1. The molecule has 0 radical (unpaired) electrons. The number of nitro groups is 1. The number of rotatable bonds is 4. The average Bonchev–Trinajstić information content (AvgIpc) is 2.42. The molecule has 0 bridgehead atoms. The lowest BCUT2D eigenvalue weighted by molar-refractivity contribution is -0.387. The summed E-state index contributed by atoms with van der Waals surface area (Å²) in [6.45, 7) is 0. The van der Waals surface area contributed by atoms with Gasteiger partial charge >= 0.3 is 5.69 Å². The molecule has 0 spiro atoms. The van der Waals surface area contributed by atoms with Crippen LogP contribution in [-0.2, 0) is 0 Å². The molecule has 2 aromatic carbocycles. The van der Waals surface area contributed by atoms with E-state index < -0.39 is 28.0 Å². The summed E-state index contributed by atoms with van der Waals surface area (Å²) in [6, 6.07) is 5.37. The number of hydrogen-bond donors (Lipinski definition) is 0. The number of halogens is 3. The monoisotopic (exact) mass is 357 g/mol. The molecule has 0 aromatic heterocycles. The van der Waals surface area contributed by atoms with Crippen LogP contribution in [0.15, 0.2) is 34.8 Å². The molecule has 108 valence electrons. The molecule has 0 unspecified atom stereocenters. The van der Waals surface area contributed by atoms with E-state index in [1.54, 1.807) is 6.07 Å². The molecular weight excluding hydrogens is 352 g/mol. The Kier molecular flexibility index (Phi) is 4.27. The second-order valence-corrected chi connectivity index (χ2v) is 4.81. The minimum atomic E-state index is -1.24. The third kappa shape index (κ3) is 3.22. The molecule has 5 nitrogen and oxygen atoms in total. The van der Waals surface area contributed by atoms with Crippen LogP contribution in [0.3, 0.4) is 0 Å². The molecule has 0 heterocycles. The maximum Gasteiger partial charge on any atom is 0.307 e. The number of benzene rings is 2. The summed E-state index contributed by atoms with van der Waals surface area (Å²) in [5.74, 6) is -2.91. The predicted molar refractivity (Wildman–Crippen MR) is 72.6 cm³/mol. The van der Waals surface area contributed by atoms with E-state index >= 15 is 0 Å². The fourth-order valence-electron chi connectivity index (χ4n) is 1.55. The number of nitro benzene ring substituents is 1. The van der Waals surface area contributed by atoms with Gasteiger partial charge in [0.1, 0.15) is 5.75 Å². The van der Waals surface area contributed by atoms with Gasteiger partial charge in [0.05, 0.1) is 16.6 Å². The summed E-state index contributed by atoms with van der Waals surface area (Å²) < 4.78 is 32.9. The summed E-state index contributed by atoms with van der Waals surface area (Å²) >= 11 is 3.15. The highest BCUT2D eigenvalue weighted by Gasteiger charge is 2.20. The van der Waals surface area contributed by atoms with E-state index in [1.165, 1.54) is 12.1 Å². The zero-order valence-corrected chi connectivity index (χ0v) is 11.8. The van der Waals surface area contributed by atoms with Crippen molar-refractivity contribution in [3.63, 3.8) is 0 Å².